The van der Waals surface area contributed by atoms with Crippen molar-refractivity contribution in [2.45, 2.75) is 6.04 Å². The van der Waals surface area contributed by atoms with Crippen LogP contribution in [0.5, 0.6) is 0 Å². The average molecular weight is 305 g/mol. The Bertz CT molecular complexity index is 525. The van der Waals surface area contributed by atoms with Gasteiger partial charge in [-0.1, -0.05) is 46.3 Å². The van der Waals surface area contributed by atoms with Crippen molar-refractivity contribution in [2.75, 3.05) is 5.32 Å². The Morgan fingerprint density at radius 1 is 1.06 bits per heavy atom. The van der Waals surface area contributed by atoms with Gasteiger partial charge in [0.05, 0.1) is 0 Å². The predicted octanol–water partition coefficient (Wildman–Crippen LogP) is 3.09. The van der Waals surface area contributed by atoms with E-state index in [1.54, 1.807) is 0 Å². The zero-order valence-corrected chi connectivity index (χ0v) is 11.2. The van der Waals surface area contributed by atoms with Gasteiger partial charge in [-0.2, -0.15) is 0 Å². The fraction of sp³-hybridized carbons (Fsp3) is 0.0714. The van der Waals surface area contributed by atoms with Crippen LogP contribution in [0.15, 0.2) is 59.1 Å². The number of anilines is 1. The summed E-state index contributed by atoms with van der Waals surface area (Å²) in [4.78, 5) is 11.5. The molecule has 0 heterocycles. The second kappa shape index (κ2) is 5.69. The molecule has 0 aliphatic carbocycles. The Morgan fingerprint density at radius 3 is 2.22 bits per heavy atom. The lowest BCUT2D eigenvalue weighted by molar-refractivity contribution is -0.118. The zero-order valence-electron chi connectivity index (χ0n) is 9.64. The summed E-state index contributed by atoms with van der Waals surface area (Å²) in [6, 6.07) is 16.5. The molecule has 0 unspecified atom stereocenters. The molecule has 0 radical (unpaired) electrons. The molecule has 0 aromatic heterocycles. The molecule has 1 atom stereocenters. The van der Waals surface area contributed by atoms with Crippen LogP contribution in [0.2, 0.25) is 0 Å². The first-order valence-electron chi connectivity index (χ1n) is 5.53. The van der Waals surface area contributed by atoms with Crippen molar-refractivity contribution in [3.05, 3.63) is 64.6 Å². The van der Waals surface area contributed by atoms with Crippen LogP contribution >= 0.6 is 15.9 Å². The topological polar surface area (TPSA) is 55.1 Å². The van der Waals surface area contributed by atoms with Crippen molar-refractivity contribution in [3.8, 4) is 0 Å². The molecule has 0 fully saturated rings. The zero-order chi connectivity index (χ0) is 13.0. The lowest BCUT2D eigenvalue weighted by Gasteiger charge is -2.17. The molecule has 0 saturated heterocycles. The summed E-state index contributed by atoms with van der Waals surface area (Å²) in [5.41, 5.74) is 7.14. The molecular formula is C14H13BrN2O. The van der Waals surface area contributed by atoms with E-state index in [2.05, 4.69) is 21.2 Å². The summed E-state index contributed by atoms with van der Waals surface area (Å²) in [6.45, 7) is 0. The molecule has 18 heavy (non-hydrogen) atoms. The fourth-order valence-electron chi connectivity index (χ4n) is 1.68. The maximum absolute atomic E-state index is 11.5. The molecule has 0 saturated carbocycles. The van der Waals surface area contributed by atoms with Gasteiger partial charge >= 0.3 is 0 Å². The maximum Gasteiger partial charge on any atom is 0.244 e. The standard InChI is InChI=1S/C14H13BrN2O/c15-11-6-8-12(9-7-11)17-13(14(16)18)10-4-2-1-3-5-10/h1-9,13,17H,(H2,16,18)/t13-/m1/s1. The number of primary amides is 1. The van der Waals surface area contributed by atoms with Crippen molar-refractivity contribution < 1.29 is 4.79 Å². The van der Waals surface area contributed by atoms with Crippen LogP contribution < -0.4 is 11.1 Å². The molecule has 3 N–H and O–H groups in total. The fourth-order valence-corrected chi connectivity index (χ4v) is 1.94. The van der Waals surface area contributed by atoms with E-state index in [-0.39, 0.29) is 0 Å². The number of nitrogens with one attached hydrogen (secondary N) is 1. The number of carbonyl (C=O) groups excluding carboxylic acids is 1. The predicted molar refractivity (Wildman–Crippen MR) is 76.1 cm³/mol. The normalized spacial score (nSPS) is 11.8. The maximum atomic E-state index is 11.5. The molecule has 0 bridgehead atoms. The van der Waals surface area contributed by atoms with Crippen LogP contribution in [0.3, 0.4) is 0 Å². The van der Waals surface area contributed by atoms with Crippen molar-refractivity contribution in [1.29, 1.82) is 0 Å². The third-order valence-electron chi connectivity index (χ3n) is 2.57. The summed E-state index contributed by atoms with van der Waals surface area (Å²) in [5.74, 6) is -0.399. The van der Waals surface area contributed by atoms with Gasteiger partial charge in [-0.25, -0.2) is 0 Å². The summed E-state index contributed by atoms with van der Waals surface area (Å²) in [5, 5.41) is 3.13. The Labute approximate surface area is 114 Å². The largest absolute Gasteiger partial charge is 0.370 e. The molecule has 4 heteroatoms. The van der Waals surface area contributed by atoms with E-state index in [0.717, 1.165) is 15.7 Å². The SMILES string of the molecule is NC(=O)[C@H](Nc1ccc(Br)cc1)c1ccccc1. The molecule has 0 aliphatic heterocycles. The van der Waals surface area contributed by atoms with Crippen molar-refractivity contribution in [3.63, 3.8) is 0 Å². The Balaban J connectivity index is 2.22. The van der Waals surface area contributed by atoms with Gasteiger partial charge in [0.2, 0.25) is 5.91 Å². The molecule has 2 aromatic carbocycles. The first-order valence-corrected chi connectivity index (χ1v) is 6.32. The average Bonchev–Trinajstić information content (AvgIpc) is 2.38. The highest BCUT2D eigenvalue weighted by Crippen LogP contribution is 2.21. The van der Waals surface area contributed by atoms with E-state index in [4.69, 9.17) is 5.73 Å². The third-order valence-corrected chi connectivity index (χ3v) is 3.10. The quantitative estimate of drug-likeness (QED) is 0.912. The molecule has 1 amide bonds. The summed E-state index contributed by atoms with van der Waals surface area (Å²) in [6.07, 6.45) is 0. The number of rotatable bonds is 4. The molecule has 0 aliphatic rings. The lowest BCUT2D eigenvalue weighted by Crippen LogP contribution is -2.27. The second-order valence-corrected chi connectivity index (χ2v) is 4.81. The van der Waals surface area contributed by atoms with Gasteiger partial charge in [-0.3, -0.25) is 4.79 Å². The number of amides is 1. The molecule has 0 spiro atoms. The smallest absolute Gasteiger partial charge is 0.244 e. The van der Waals surface area contributed by atoms with Crippen molar-refractivity contribution in [1.82, 2.24) is 0 Å². The van der Waals surface area contributed by atoms with Crippen LogP contribution in [-0.4, -0.2) is 5.91 Å². The van der Waals surface area contributed by atoms with Gasteiger partial charge in [-0.15, -0.1) is 0 Å². The summed E-state index contributed by atoms with van der Waals surface area (Å²) >= 11 is 3.37. The summed E-state index contributed by atoms with van der Waals surface area (Å²) < 4.78 is 0.989. The van der Waals surface area contributed by atoms with Crippen molar-refractivity contribution in [2.24, 2.45) is 5.73 Å². The first kappa shape index (κ1) is 12.6. The van der Waals surface area contributed by atoms with E-state index in [1.165, 1.54) is 0 Å². The van der Waals surface area contributed by atoms with Gasteiger partial charge in [0.1, 0.15) is 6.04 Å². The minimum absolute atomic E-state index is 0.399. The number of hydrogen-bond acceptors (Lipinski definition) is 2. The highest BCUT2D eigenvalue weighted by Gasteiger charge is 2.16. The second-order valence-electron chi connectivity index (χ2n) is 3.90. The highest BCUT2D eigenvalue weighted by atomic mass is 79.9. The first-order chi connectivity index (χ1) is 8.66. The van der Waals surface area contributed by atoms with Crippen LogP contribution in [-0.2, 0) is 4.79 Å². The number of carbonyl (C=O) groups is 1. The lowest BCUT2D eigenvalue weighted by atomic mass is 10.1. The Morgan fingerprint density at radius 2 is 1.67 bits per heavy atom. The van der Waals surface area contributed by atoms with Gasteiger partial charge in [-0.05, 0) is 29.8 Å². The highest BCUT2D eigenvalue weighted by molar-refractivity contribution is 9.10. The van der Waals surface area contributed by atoms with Crippen LogP contribution in [0.1, 0.15) is 11.6 Å². The van der Waals surface area contributed by atoms with E-state index >= 15 is 0 Å². The number of halogens is 1. The Kier molecular flexibility index (Phi) is 3.99. The number of benzene rings is 2. The minimum Gasteiger partial charge on any atom is -0.370 e. The Hall–Kier alpha value is -1.81. The molecular weight excluding hydrogens is 292 g/mol. The van der Waals surface area contributed by atoms with Crippen molar-refractivity contribution >= 4 is 27.5 Å². The molecule has 2 rings (SSSR count). The minimum atomic E-state index is -0.521. The van der Waals surface area contributed by atoms with Gasteiger partial charge in [0.15, 0.2) is 0 Å². The monoisotopic (exact) mass is 304 g/mol. The van der Waals surface area contributed by atoms with Crippen LogP contribution in [0.25, 0.3) is 0 Å². The third kappa shape index (κ3) is 3.11. The summed E-state index contributed by atoms with van der Waals surface area (Å²) in [7, 11) is 0. The van der Waals surface area contributed by atoms with Crippen LogP contribution in [0, 0.1) is 0 Å². The van der Waals surface area contributed by atoms with Gasteiger partial charge in [0, 0.05) is 10.2 Å². The van der Waals surface area contributed by atoms with E-state index in [9.17, 15) is 4.79 Å². The molecule has 92 valence electrons. The number of nitrogens with two attached hydrogens (primary N) is 1. The van der Waals surface area contributed by atoms with E-state index < -0.39 is 11.9 Å². The van der Waals surface area contributed by atoms with E-state index in [0.29, 0.717) is 0 Å². The van der Waals surface area contributed by atoms with Gasteiger partial charge in [0.25, 0.3) is 0 Å². The molecule has 2 aromatic rings. The molecule has 3 nitrogen and oxygen atoms in total. The number of hydrogen-bond donors (Lipinski definition) is 2. The van der Waals surface area contributed by atoms with Gasteiger partial charge < -0.3 is 11.1 Å². The van der Waals surface area contributed by atoms with Crippen LogP contribution in [0.4, 0.5) is 5.69 Å². The van der Waals surface area contributed by atoms with E-state index in [1.807, 2.05) is 54.6 Å².